The van der Waals surface area contributed by atoms with Crippen LogP contribution in [0.25, 0.3) is 0 Å². The average molecular weight is 282 g/mol. The maximum absolute atomic E-state index is 5.20. The molecule has 0 aliphatic carbocycles. The van der Waals surface area contributed by atoms with E-state index in [0.29, 0.717) is 17.5 Å². The molecule has 0 aliphatic rings. The van der Waals surface area contributed by atoms with Gasteiger partial charge in [-0.2, -0.15) is 4.98 Å². The highest BCUT2D eigenvalue weighted by Crippen LogP contribution is 2.60. The lowest BCUT2D eigenvalue weighted by Gasteiger charge is -2.14. The largest absolute Gasteiger partial charge is 0.338 e. The molecule has 0 saturated heterocycles. The molecule has 0 N–H and O–H groups in total. The van der Waals surface area contributed by atoms with Crippen LogP contribution in [0.4, 0.5) is 0 Å². The first-order chi connectivity index (χ1) is 7.50. The van der Waals surface area contributed by atoms with Crippen LogP contribution >= 0.6 is 17.1 Å². The van der Waals surface area contributed by atoms with Gasteiger partial charge in [0.15, 0.2) is 5.82 Å². The summed E-state index contributed by atoms with van der Waals surface area (Å²) in [6, 6.07) is 0. The Morgan fingerprint density at radius 3 is 2.50 bits per heavy atom. The second kappa shape index (κ2) is 6.12. The lowest BCUT2D eigenvalue weighted by molar-refractivity contribution is 0.353. The number of rotatable bonds is 6. The molecule has 1 heterocycles. The summed E-state index contributed by atoms with van der Waals surface area (Å²) >= 11 is 6.59. The Hall–Kier alpha value is 0.0600. The predicted octanol–water partition coefficient (Wildman–Crippen LogP) is 2.94. The molecule has 5 nitrogen and oxygen atoms in total. The van der Waals surface area contributed by atoms with Gasteiger partial charge in [0.2, 0.25) is 11.6 Å². The van der Waals surface area contributed by atoms with Gasteiger partial charge in [0, 0.05) is 20.1 Å². The van der Waals surface area contributed by atoms with Gasteiger partial charge in [0.25, 0.3) is 0 Å². The van der Waals surface area contributed by atoms with Crippen LogP contribution in [-0.4, -0.2) is 24.4 Å². The molecule has 0 spiro atoms. The van der Waals surface area contributed by atoms with E-state index in [-0.39, 0.29) is 5.92 Å². The first-order valence-corrected chi connectivity index (χ1v) is 8.92. The van der Waals surface area contributed by atoms with Crippen molar-refractivity contribution in [1.29, 1.82) is 0 Å². The van der Waals surface area contributed by atoms with E-state index >= 15 is 0 Å². The lowest BCUT2D eigenvalue weighted by atomic mass is 10.2. The summed E-state index contributed by atoms with van der Waals surface area (Å²) in [5.74, 6) is 2.03. The molecule has 0 fully saturated rings. The van der Waals surface area contributed by atoms with Gasteiger partial charge in [-0.3, -0.25) is 0 Å². The van der Waals surface area contributed by atoms with Crippen molar-refractivity contribution in [2.45, 2.75) is 25.5 Å². The summed E-state index contributed by atoms with van der Waals surface area (Å²) in [7, 11) is 3.09. The molecule has 0 radical (unpaired) electrons. The summed E-state index contributed by atoms with van der Waals surface area (Å²) in [6.45, 7) is 4.02. The minimum absolute atomic E-state index is 0.260. The third kappa shape index (κ3) is 3.82. The molecule has 0 saturated carbocycles. The fourth-order valence-corrected chi connectivity index (χ4v) is 3.53. The zero-order chi connectivity index (χ0) is 12.2. The highest BCUT2D eigenvalue weighted by atomic mass is 32.9. The number of nitrogens with zero attached hydrogens (tertiary/aromatic N) is 2. The van der Waals surface area contributed by atoms with Gasteiger partial charge in [0.1, 0.15) is 0 Å². The van der Waals surface area contributed by atoms with Crippen LogP contribution in [0.5, 0.6) is 0 Å². The molecule has 1 aromatic rings. The van der Waals surface area contributed by atoms with Crippen LogP contribution in [0.3, 0.4) is 0 Å². The highest BCUT2D eigenvalue weighted by Gasteiger charge is 2.19. The third-order valence-electron chi connectivity index (χ3n) is 1.79. The summed E-state index contributed by atoms with van der Waals surface area (Å²) < 4.78 is 15.4. The molecule has 0 amide bonds. The summed E-state index contributed by atoms with van der Waals surface area (Å²) in [5, 5.41) is 3.87. The van der Waals surface area contributed by atoms with E-state index in [9.17, 15) is 0 Å². The number of aromatic nitrogens is 2. The fourth-order valence-electron chi connectivity index (χ4n) is 0.875. The Morgan fingerprint density at radius 1 is 1.44 bits per heavy atom. The Kier molecular flexibility index (Phi) is 5.40. The zero-order valence-electron chi connectivity index (χ0n) is 9.67. The molecular formula is C8H15N2O3PS2. The Labute approximate surface area is 104 Å². The van der Waals surface area contributed by atoms with Crippen molar-refractivity contribution in [1.82, 2.24) is 10.1 Å². The Balaban J connectivity index is 2.57. The van der Waals surface area contributed by atoms with Crippen molar-refractivity contribution >= 4 is 28.9 Å². The van der Waals surface area contributed by atoms with E-state index in [0.717, 1.165) is 0 Å². The van der Waals surface area contributed by atoms with Crippen LogP contribution in [-0.2, 0) is 26.6 Å². The van der Waals surface area contributed by atoms with Crippen LogP contribution in [0.1, 0.15) is 31.5 Å². The van der Waals surface area contributed by atoms with Gasteiger partial charge in [-0.15, -0.1) is 0 Å². The first-order valence-electron chi connectivity index (χ1n) is 4.69. The molecule has 1 aromatic heterocycles. The molecule has 0 aromatic carbocycles. The van der Waals surface area contributed by atoms with Gasteiger partial charge < -0.3 is 13.6 Å². The lowest BCUT2D eigenvalue weighted by Crippen LogP contribution is -1.90. The van der Waals surface area contributed by atoms with E-state index in [4.69, 9.17) is 25.4 Å². The SMILES string of the molecule is COP(=S)(OC)SCc1nc(C(C)C)no1. The highest BCUT2D eigenvalue weighted by molar-refractivity contribution is 8.67. The second-order valence-corrected chi connectivity index (χ2v) is 9.81. The molecule has 0 unspecified atom stereocenters. The molecule has 0 aliphatic heterocycles. The van der Waals surface area contributed by atoms with Crippen molar-refractivity contribution in [3.05, 3.63) is 11.7 Å². The minimum atomic E-state index is -2.24. The van der Waals surface area contributed by atoms with Gasteiger partial charge in [0.05, 0.1) is 5.75 Å². The Morgan fingerprint density at radius 2 is 2.06 bits per heavy atom. The molecule has 0 bridgehead atoms. The summed E-state index contributed by atoms with van der Waals surface area (Å²) in [5.41, 5.74) is -2.24. The van der Waals surface area contributed by atoms with Crippen LogP contribution < -0.4 is 0 Å². The molecule has 16 heavy (non-hydrogen) atoms. The van der Waals surface area contributed by atoms with E-state index in [1.165, 1.54) is 11.4 Å². The molecule has 92 valence electrons. The van der Waals surface area contributed by atoms with Gasteiger partial charge in [-0.1, -0.05) is 30.4 Å². The van der Waals surface area contributed by atoms with Crippen molar-refractivity contribution in [2.75, 3.05) is 14.2 Å². The molecule has 8 heteroatoms. The van der Waals surface area contributed by atoms with E-state index in [2.05, 4.69) is 10.1 Å². The van der Waals surface area contributed by atoms with Crippen molar-refractivity contribution in [2.24, 2.45) is 0 Å². The predicted molar refractivity (Wildman–Crippen MR) is 68.0 cm³/mol. The van der Waals surface area contributed by atoms with E-state index < -0.39 is 5.69 Å². The maximum Gasteiger partial charge on any atom is 0.247 e. The second-order valence-electron chi connectivity index (χ2n) is 3.29. The first kappa shape index (κ1) is 14.1. The smallest absolute Gasteiger partial charge is 0.247 e. The quantitative estimate of drug-likeness (QED) is 0.743. The normalized spacial score (nSPS) is 12.3. The van der Waals surface area contributed by atoms with E-state index in [1.807, 2.05) is 13.8 Å². The minimum Gasteiger partial charge on any atom is -0.338 e. The van der Waals surface area contributed by atoms with Crippen molar-refractivity contribution in [3.8, 4) is 0 Å². The molecule has 1 rings (SSSR count). The number of hydrogen-bond donors (Lipinski definition) is 0. The van der Waals surface area contributed by atoms with Gasteiger partial charge in [-0.05, 0) is 11.8 Å². The van der Waals surface area contributed by atoms with Gasteiger partial charge >= 0.3 is 0 Å². The summed E-state index contributed by atoms with van der Waals surface area (Å²) in [6.07, 6.45) is 0. The molecule has 0 atom stereocenters. The van der Waals surface area contributed by atoms with Crippen molar-refractivity contribution < 1.29 is 13.6 Å². The standard InChI is InChI=1S/C8H15N2O3PS2/c1-6(2)8-9-7(13-10-8)5-16-14(15,11-3)12-4/h6H,5H2,1-4H3. The van der Waals surface area contributed by atoms with Crippen molar-refractivity contribution in [3.63, 3.8) is 0 Å². The monoisotopic (exact) mass is 282 g/mol. The third-order valence-corrected chi connectivity index (χ3v) is 7.45. The van der Waals surface area contributed by atoms with Crippen LogP contribution in [0.15, 0.2) is 4.52 Å². The zero-order valence-corrected chi connectivity index (χ0v) is 12.2. The number of hydrogen-bond acceptors (Lipinski definition) is 7. The maximum atomic E-state index is 5.20. The fraction of sp³-hybridized carbons (Fsp3) is 0.750. The van der Waals surface area contributed by atoms with Crippen LogP contribution in [0, 0.1) is 0 Å². The van der Waals surface area contributed by atoms with Gasteiger partial charge in [-0.25, -0.2) is 0 Å². The topological polar surface area (TPSA) is 57.4 Å². The molecular weight excluding hydrogens is 267 g/mol. The summed E-state index contributed by atoms with van der Waals surface area (Å²) in [4.78, 5) is 4.24. The average Bonchev–Trinajstić information content (AvgIpc) is 2.75. The van der Waals surface area contributed by atoms with E-state index in [1.54, 1.807) is 14.2 Å². The van der Waals surface area contributed by atoms with Crippen LogP contribution in [0.2, 0.25) is 0 Å². The Bertz CT molecular complexity index is 375.